The van der Waals surface area contributed by atoms with Crippen molar-refractivity contribution in [3.8, 4) is 0 Å². The molecule has 0 radical (unpaired) electrons. The first-order valence-corrected chi connectivity index (χ1v) is 5.47. The van der Waals surface area contributed by atoms with E-state index >= 15 is 0 Å². The highest BCUT2D eigenvalue weighted by atomic mass is 32.2. The fraction of sp³-hybridized carbons (Fsp3) is 0.778. The summed E-state index contributed by atoms with van der Waals surface area (Å²) in [4.78, 5) is 2.21. The number of hydrogen-bond donors (Lipinski definition) is 0. The molecule has 0 fully saturated rings. The molecule has 0 rings (SSSR count). The Labute approximate surface area is 74.9 Å². The van der Waals surface area contributed by atoms with Gasteiger partial charge in [-0.05, 0) is 12.7 Å². The second-order valence-corrected chi connectivity index (χ2v) is 3.71. The zero-order valence-electron chi connectivity index (χ0n) is 8.05. The van der Waals surface area contributed by atoms with E-state index in [4.69, 9.17) is 0 Å². The lowest BCUT2D eigenvalue weighted by Crippen LogP contribution is -2.11. The first-order valence-electron chi connectivity index (χ1n) is 4.07. The molecule has 0 atom stereocenters. The van der Waals surface area contributed by atoms with E-state index in [1.54, 1.807) is 0 Å². The number of rotatable bonds is 5. The Hall–Kier alpha value is -0.110. The first-order chi connectivity index (χ1) is 5.22. The Morgan fingerprint density at radius 3 is 2.45 bits per heavy atom. The predicted octanol–water partition coefficient (Wildman–Crippen LogP) is 2.60. The molecule has 1 nitrogen and oxygen atoms in total. The van der Waals surface area contributed by atoms with Crippen LogP contribution in [0.2, 0.25) is 0 Å². The summed E-state index contributed by atoms with van der Waals surface area (Å²) < 4.78 is 0. The van der Waals surface area contributed by atoms with Crippen LogP contribution in [0.15, 0.2) is 11.8 Å². The van der Waals surface area contributed by atoms with E-state index in [0.717, 1.165) is 5.75 Å². The Bertz CT molecular complexity index is 119. The fourth-order valence-corrected chi connectivity index (χ4v) is 1.30. The summed E-state index contributed by atoms with van der Waals surface area (Å²) in [5.74, 6) is 1.13. The lowest BCUT2D eigenvalue weighted by atomic mass is 10.2. The van der Waals surface area contributed by atoms with Gasteiger partial charge in [-0.2, -0.15) is 11.8 Å². The van der Waals surface area contributed by atoms with Crippen LogP contribution in [0, 0.1) is 0 Å². The Morgan fingerprint density at radius 1 is 1.45 bits per heavy atom. The Kier molecular flexibility index (Phi) is 6.52. The third-order valence-electron chi connectivity index (χ3n) is 1.57. The van der Waals surface area contributed by atoms with Crippen LogP contribution < -0.4 is 0 Å². The van der Waals surface area contributed by atoms with Gasteiger partial charge in [-0.1, -0.05) is 19.4 Å². The van der Waals surface area contributed by atoms with Crippen molar-refractivity contribution in [2.75, 3.05) is 26.1 Å². The van der Waals surface area contributed by atoms with E-state index in [2.05, 4.69) is 38.3 Å². The molecule has 0 aromatic carbocycles. The van der Waals surface area contributed by atoms with Gasteiger partial charge in [0.2, 0.25) is 0 Å². The Balaban J connectivity index is 3.86. The maximum absolute atomic E-state index is 2.31. The Morgan fingerprint density at radius 2 is 2.09 bits per heavy atom. The number of nitrogens with zero attached hydrogens (tertiary/aromatic N) is 1. The zero-order chi connectivity index (χ0) is 8.69. The minimum Gasteiger partial charge on any atom is -0.381 e. The van der Waals surface area contributed by atoms with E-state index < -0.39 is 0 Å². The van der Waals surface area contributed by atoms with Gasteiger partial charge in [-0.15, -0.1) is 0 Å². The summed E-state index contributed by atoms with van der Waals surface area (Å²) in [6, 6.07) is 0. The van der Waals surface area contributed by atoms with Crippen molar-refractivity contribution in [3.05, 3.63) is 11.8 Å². The van der Waals surface area contributed by atoms with E-state index in [1.165, 1.54) is 18.5 Å². The lowest BCUT2D eigenvalue weighted by Gasteiger charge is -2.16. The third kappa shape index (κ3) is 5.19. The molecule has 0 spiro atoms. The second-order valence-electron chi connectivity index (χ2n) is 2.80. The molecule has 0 N–H and O–H groups in total. The largest absolute Gasteiger partial charge is 0.381 e. The van der Waals surface area contributed by atoms with Gasteiger partial charge in [0.05, 0.1) is 0 Å². The minimum absolute atomic E-state index is 1.13. The molecule has 0 saturated heterocycles. The summed E-state index contributed by atoms with van der Waals surface area (Å²) in [6.07, 6.45) is 6.88. The van der Waals surface area contributed by atoms with Crippen LogP contribution in [0.3, 0.4) is 0 Å². The monoisotopic (exact) mass is 173 g/mol. The van der Waals surface area contributed by atoms with Crippen molar-refractivity contribution in [1.29, 1.82) is 0 Å². The van der Waals surface area contributed by atoms with Gasteiger partial charge in [-0.3, -0.25) is 0 Å². The van der Waals surface area contributed by atoms with Crippen LogP contribution in [-0.2, 0) is 0 Å². The predicted molar refractivity (Wildman–Crippen MR) is 55.1 cm³/mol. The average Bonchev–Trinajstić information content (AvgIpc) is 1.97. The van der Waals surface area contributed by atoms with Gasteiger partial charge < -0.3 is 4.90 Å². The van der Waals surface area contributed by atoms with Crippen LogP contribution in [0.5, 0.6) is 0 Å². The van der Waals surface area contributed by atoms with E-state index in [-0.39, 0.29) is 0 Å². The summed E-state index contributed by atoms with van der Waals surface area (Å²) >= 11 is 1.87. The highest BCUT2D eigenvalue weighted by Crippen LogP contribution is 2.08. The molecule has 0 aliphatic carbocycles. The molecular weight excluding hydrogens is 154 g/mol. The molecule has 0 heterocycles. The molecule has 0 saturated carbocycles. The molecule has 0 bridgehead atoms. The number of allylic oxidation sites excluding steroid dienone is 1. The molecule has 0 aliphatic heterocycles. The van der Waals surface area contributed by atoms with Gasteiger partial charge >= 0.3 is 0 Å². The maximum Gasteiger partial charge on any atom is 0.0130 e. The minimum atomic E-state index is 1.13. The van der Waals surface area contributed by atoms with Gasteiger partial charge in [0, 0.05) is 25.5 Å². The van der Waals surface area contributed by atoms with Crippen molar-refractivity contribution in [1.82, 2.24) is 4.90 Å². The van der Waals surface area contributed by atoms with Crippen molar-refractivity contribution in [3.63, 3.8) is 0 Å². The smallest absolute Gasteiger partial charge is 0.0130 e. The maximum atomic E-state index is 2.31. The van der Waals surface area contributed by atoms with Crippen molar-refractivity contribution in [2.45, 2.75) is 19.8 Å². The van der Waals surface area contributed by atoms with E-state index in [0.29, 0.717) is 0 Å². The topological polar surface area (TPSA) is 3.24 Å². The van der Waals surface area contributed by atoms with Crippen molar-refractivity contribution < 1.29 is 0 Å². The number of thioether (sulfide) groups is 1. The van der Waals surface area contributed by atoms with Crippen LogP contribution >= 0.6 is 11.8 Å². The molecule has 0 aromatic heterocycles. The van der Waals surface area contributed by atoms with Crippen molar-refractivity contribution in [2.24, 2.45) is 0 Å². The molecule has 0 unspecified atom stereocenters. The summed E-state index contributed by atoms with van der Waals surface area (Å²) in [6.45, 7) is 2.22. The molecule has 0 aromatic rings. The standard InChI is InChI=1S/C9H19NS/c1-5-6-9(10(2)3)7-8-11-4/h7H,5-6,8H2,1-4H3/b9-7+. The molecule has 11 heavy (non-hydrogen) atoms. The quantitative estimate of drug-likeness (QED) is 0.628. The molecule has 66 valence electrons. The van der Waals surface area contributed by atoms with Gasteiger partial charge in [-0.25, -0.2) is 0 Å². The van der Waals surface area contributed by atoms with Crippen LogP contribution in [-0.4, -0.2) is 31.0 Å². The molecular formula is C9H19NS. The number of hydrogen-bond acceptors (Lipinski definition) is 2. The van der Waals surface area contributed by atoms with Crippen LogP contribution in [0.4, 0.5) is 0 Å². The van der Waals surface area contributed by atoms with Gasteiger partial charge in [0.25, 0.3) is 0 Å². The zero-order valence-corrected chi connectivity index (χ0v) is 8.87. The molecule has 0 aliphatic rings. The van der Waals surface area contributed by atoms with E-state index in [9.17, 15) is 0 Å². The average molecular weight is 173 g/mol. The normalized spacial score (nSPS) is 11.8. The van der Waals surface area contributed by atoms with Gasteiger partial charge in [0.1, 0.15) is 0 Å². The summed E-state index contributed by atoms with van der Waals surface area (Å²) in [5.41, 5.74) is 1.46. The molecule has 2 heteroatoms. The third-order valence-corrected chi connectivity index (χ3v) is 2.07. The second kappa shape index (κ2) is 6.59. The highest BCUT2D eigenvalue weighted by molar-refractivity contribution is 7.98. The van der Waals surface area contributed by atoms with Crippen LogP contribution in [0.1, 0.15) is 19.8 Å². The fourth-order valence-electron chi connectivity index (χ4n) is 0.944. The summed E-state index contributed by atoms with van der Waals surface area (Å²) in [5, 5.41) is 0. The van der Waals surface area contributed by atoms with Gasteiger partial charge in [0.15, 0.2) is 0 Å². The van der Waals surface area contributed by atoms with Crippen LogP contribution in [0.25, 0.3) is 0 Å². The summed E-state index contributed by atoms with van der Waals surface area (Å²) in [7, 11) is 4.23. The lowest BCUT2D eigenvalue weighted by molar-refractivity contribution is 0.483. The van der Waals surface area contributed by atoms with Crippen molar-refractivity contribution >= 4 is 11.8 Å². The SMILES string of the molecule is CCC/C(=C\CSC)N(C)C. The highest BCUT2D eigenvalue weighted by Gasteiger charge is 1.96. The van der Waals surface area contributed by atoms with E-state index in [1.807, 2.05) is 11.8 Å². The first kappa shape index (κ1) is 10.9. The molecule has 0 amide bonds.